The number of esters is 1. The van der Waals surface area contributed by atoms with Gasteiger partial charge in [-0.15, -0.1) is 0 Å². The van der Waals surface area contributed by atoms with E-state index in [1.165, 1.54) is 0 Å². The summed E-state index contributed by atoms with van der Waals surface area (Å²) < 4.78 is 5.09. The van der Waals surface area contributed by atoms with Crippen LogP contribution < -0.4 is 5.32 Å². The Kier molecular flexibility index (Phi) is 4.30. The molecule has 0 aromatic heterocycles. The molecule has 0 saturated carbocycles. The van der Waals surface area contributed by atoms with Gasteiger partial charge in [0.2, 0.25) is 5.91 Å². The standard InChI is InChI=1S/C16H16N2O6/c19-11-6-10-13(15(21)18(10)14(11)16(22)23)17-7-12(20)24-8-9-4-2-1-3-5-9/h1-5,10,13-14,17H,6-8H2,(H,22,23)/t10-,13-,14-/m1/s1. The molecule has 24 heavy (non-hydrogen) atoms. The molecule has 0 aliphatic carbocycles. The molecule has 0 bridgehead atoms. The molecule has 1 aromatic carbocycles. The van der Waals surface area contributed by atoms with E-state index in [2.05, 4.69) is 5.32 Å². The first-order valence-corrected chi connectivity index (χ1v) is 7.49. The van der Waals surface area contributed by atoms with Gasteiger partial charge in [0.15, 0.2) is 11.8 Å². The quantitative estimate of drug-likeness (QED) is 0.403. The molecule has 8 heteroatoms. The number of carboxylic acids is 1. The molecule has 0 spiro atoms. The Morgan fingerprint density at radius 1 is 1.25 bits per heavy atom. The third-order valence-corrected chi connectivity index (χ3v) is 4.20. The number of ketones is 1. The Balaban J connectivity index is 1.48. The van der Waals surface area contributed by atoms with Crippen molar-refractivity contribution in [2.24, 2.45) is 0 Å². The zero-order valence-corrected chi connectivity index (χ0v) is 12.7. The fourth-order valence-corrected chi connectivity index (χ4v) is 3.04. The van der Waals surface area contributed by atoms with Crippen molar-refractivity contribution in [3.8, 4) is 0 Å². The number of fused-ring (bicyclic) bond motifs is 1. The van der Waals surface area contributed by atoms with Crippen molar-refractivity contribution in [3.05, 3.63) is 35.9 Å². The second-order valence-electron chi connectivity index (χ2n) is 5.73. The number of carbonyl (C=O) groups is 4. The van der Waals surface area contributed by atoms with E-state index in [1.54, 1.807) is 0 Å². The van der Waals surface area contributed by atoms with Crippen LogP contribution >= 0.6 is 0 Å². The van der Waals surface area contributed by atoms with Gasteiger partial charge in [0.25, 0.3) is 0 Å². The zero-order valence-electron chi connectivity index (χ0n) is 12.7. The molecule has 2 fully saturated rings. The smallest absolute Gasteiger partial charge is 0.334 e. The van der Waals surface area contributed by atoms with E-state index in [0.717, 1.165) is 10.5 Å². The van der Waals surface area contributed by atoms with Gasteiger partial charge >= 0.3 is 11.9 Å². The first kappa shape index (κ1) is 16.1. The van der Waals surface area contributed by atoms with E-state index in [0.29, 0.717) is 0 Å². The number of ether oxygens (including phenoxy) is 1. The van der Waals surface area contributed by atoms with Gasteiger partial charge in [0.05, 0.1) is 12.6 Å². The molecule has 3 rings (SSSR count). The molecule has 2 heterocycles. The van der Waals surface area contributed by atoms with Crippen molar-refractivity contribution in [3.63, 3.8) is 0 Å². The summed E-state index contributed by atoms with van der Waals surface area (Å²) in [6.45, 7) is -0.0470. The highest BCUT2D eigenvalue weighted by molar-refractivity contribution is 6.11. The van der Waals surface area contributed by atoms with Gasteiger partial charge < -0.3 is 14.7 Å². The Labute approximate surface area is 137 Å². The summed E-state index contributed by atoms with van der Waals surface area (Å²) in [6, 6.07) is 6.54. The molecule has 2 aliphatic rings. The average Bonchev–Trinajstić information content (AvgIpc) is 2.87. The van der Waals surface area contributed by atoms with Crippen molar-refractivity contribution in [1.29, 1.82) is 0 Å². The normalized spacial score (nSPS) is 25.2. The van der Waals surface area contributed by atoms with Crippen LogP contribution in [0.4, 0.5) is 0 Å². The third kappa shape index (κ3) is 2.88. The number of rotatable bonds is 6. The van der Waals surface area contributed by atoms with Gasteiger partial charge in [-0.25, -0.2) is 4.79 Å². The lowest BCUT2D eigenvalue weighted by molar-refractivity contribution is -0.162. The van der Waals surface area contributed by atoms with Crippen LogP contribution in [0.3, 0.4) is 0 Å². The van der Waals surface area contributed by atoms with Gasteiger partial charge in [-0.05, 0) is 5.56 Å². The predicted molar refractivity (Wildman–Crippen MR) is 79.7 cm³/mol. The number of hydrogen-bond acceptors (Lipinski definition) is 6. The lowest BCUT2D eigenvalue weighted by Gasteiger charge is -2.43. The van der Waals surface area contributed by atoms with Gasteiger partial charge in [0, 0.05) is 6.42 Å². The minimum atomic E-state index is -1.40. The van der Waals surface area contributed by atoms with Gasteiger partial charge in [-0.3, -0.25) is 19.7 Å². The third-order valence-electron chi connectivity index (χ3n) is 4.20. The van der Waals surface area contributed by atoms with Gasteiger partial charge in [-0.2, -0.15) is 0 Å². The topological polar surface area (TPSA) is 113 Å². The Hall–Kier alpha value is -2.74. The molecule has 2 aliphatic heterocycles. The van der Waals surface area contributed by atoms with Crippen LogP contribution in [0.25, 0.3) is 0 Å². The van der Waals surface area contributed by atoms with Crippen LogP contribution in [0, 0.1) is 0 Å². The highest BCUT2D eigenvalue weighted by Crippen LogP contribution is 2.33. The average molecular weight is 332 g/mol. The van der Waals surface area contributed by atoms with Crippen molar-refractivity contribution >= 4 is 23.6 Å². The van der Waals surface area contributed by atoms with Gasteiger partial charge in [-0.1, -0.05) is 30.3 Å². The molecule has 2 N–H and O–H groups in total. The zero-order chi connectivity index (χ0) is 17.3. The van der Waals surface area contributed by atoms with Crippen molar-refractivity contribution in [1.82, 2.24) is 10.2 Å². The lowest BCUT2D eigenvalue weighted by Crippen LogP contribution is -2.70. The number of benzene rings is 1. The first-order valence-electron chi connectivity index (χ1n) is 7.49. The number of carboxylic acid groups (broad SMARTS) is 1. The second-order valence-corrected chi connectivity index (χ2v) is 5.73. The van der Waals surface area contributed by atoms with E-state index in [1.807, 2.05) is 30.3 Å². The maximum absolute atomic E-state index is 12.0. The molecule has 8 nitrogen and oxygen atoms in total. The van der Waals surface area contributed by atoms with Crippen molar-refractivity contribution in [2.75, 3.05) is 6.54 Å². The molecule has 126 valence electrons. The minimum Gasteiger partial charge on any atom is -0.479 e. The summed E-state index contributed by atoms with van der Waals surface area (Å²) in [5.74, 6) is -2.81. The maximum Gasteiger partial charge on any atom is 0.334 e. The molecule has 1 aromatic rings. The van der Waals surface area contributed by atoms with Crippen LogP contribution in [-0.4, -0.2) is 58.3 Å². The Bertz CT molecular complexity index is 689. The number of nitrogens with zero attached hydrogens (tertiary/aromatic N) is 1. The fourth-order valence-electron chi connectivity index (χ4n) is 3.04. The summed E-state index contributed by atoms with van der Waals surface area (Å²) >= 11 is 0. The van der Waals surface area contributed by atoms with E-state index in [9.17, 15) is 19.2 Å². The monoisotopic (exact) mass is 332 g/mol. The Morgan fingerprint density at radius 2 is 1.96 bits per heavy atom. The first-order chi connectivity index (χ1) is 11.5. The number of nitrogens with one attached hydrogen (secondary N) is 1. The molecular formula is C16H16N2O6. The highest BCUT2D eigenvalue weighted by atomic mass is 16.5. The van der Waals surface area contributed by atoms with Gasteiger partial charge in [0.1, 0.15) is 12.6 Å². The molecular weight excluding hydrogens is 316 g/mol. The highest BCUT2D eigenvalue weighted by Gasteiger charge is 2.59. The van der Waals surface area contributed by atoms with Crippen LogP contribution in [0.15, 0.2) is 30.3 Å². The predicted octanol–water partition coefficient (Wildman–Crippen LogP) is -0.675. The number of hydrogen-bond donors (Lipinski definition) is 2. The summed E-state index contributed by atoms with van der Waals surface area (Å²) in [4.78, 5) is 47.5. The molecule has 1 amide bonds. The largest absolute Gasteiger partial charge is 0.479 e. The summed E-state index contributed by atoms with van der Waals surface area (Å²) in [7, 11) is 0. The number of aliphatic carboxylic acids is 1. The molecule has 0 unspecified atom stereocenters. The van der Waals surface area contributed by atoms with Crippen LogP contribution in [0.5, 0.6) is 0 Å². The van der Waals surface area contributed by atoms with Crippen molar-refractivity contribution in [2.45, 2.75) is 31.2 Å². The second kappa shape index (κ2) is 6.40. The lowest BCUT2D eigenvalue weighted by atomic mass is 9.96. The summed E-state index contributed by atoms with van der Waals surface area (Å²) in [6.07, 6.45) is -0.0144. The number of Topliss-reactive ketones (excluding diaryl/α,β-unsaturated/α-hetero) is 1. The van der Waals surface area contributed by atoms with Crippen LogP contribution in [0.2, 0.25) is 0 Å². The minimum absolute atomic E-state index is 0.0144. The van der Waals surface area contributed by atoms with Crippen LogP contribution in [0.1, 0.15) is 12.0 Å². The van der Waals surface area contributed by atoms with Crippen molar-refractivity contribution < 1.29 is 29.0 Å². The van der Waals surface area contributed by atoms with E-state index in [-0.39, 0.29) is 19.6 Å². The van der Waals surface area contributed by atoms with Crippen LogP contribution in [-0.2, 0) is 30.5 Å². The number of amides is 1. The van der Waals surface area contributed by atoms with E-state index in [4.69, 9.17) is 9.84 Å². The number of carbonyl (C=O) groups excluding carboxylic acids is 3. The molecule has 2 saturated heterocycles. The summed E-state index contributed by atoms with van der Waals surface area (Å²) in [5.41, 5.74) is 0.849. The number of β-lactam (4-membered cyclic amide) rings is 1. The van der Waals surface area contributed by atoms with E-state index >= 15 is 0 Å². The molecule has 0 radical (unpaired) electrons. The SMILES string of the molecule is O=C(CN[C@H]1C(=O)N2[C@@H](C(=O)O)C(=O)C[C@H]12)OCc1ccccc1. The van der Waals surface area contributed by atoms with E-state index < -0.39 is 41.8 Å². The maximum atomic E-state index is 12.0. The Morgan fingerprint density at radius 3 is 2.62 bits per heavy atom. The molecule has 3 atom stereocenters. The fraction of sp³-hybridized carbons (Fsp3) is 0.375. The summed E-state index contributed by atoms with van der Waals surface area (Å²) in [5, 5.41) is 11.7.